The molecule has 3 nitrogen and oxygen atoms in total. The Balaban J connectivity index is 2.14. The summed E-state index contributed by atoms with van der Waals surface area (Å²) in [6.07, 6.45) is 4.48. The fourth-order valence-corrected chi connectivity index (χ4v) is 2.22. The summed E-state index contributed by atoms with van der Waals surface area (Å²) < 4.78 is 0. The van der Waals surface area contributed by atoms with Gasteiger partial charge in [0.05, 0.1) is 5.69 Å². The van der Waals surface area contributed by atoms with Gasteiger partial charge >= 0.3 is 0 Å². The van der Waals surface area contributed by atoms with Gasteiger partial charge in [-0.3, -0.25) is 0 Å². The minimum atomic E-state index is 0.967. The summed E-state index contributed by atoms with van der Waals surface area (Å²) in [7, 11) is 0. The maximum Gasteiger partial charge on any atom is 0.116 e. The van der Waals surface area contributed by atoms with Crippen LogP contribution in [0.3, 0.4) is 0 Å². The van der Waals surface area contributed by atoms with Crippen LogP contribution in [0.5, 0.6) is 0 Å². The van der Waals surface area contributed by atoms with Gasteiger partial charge in [-0.2, -0.15) is 0 Å². The molecule has 1 N–H and O–H groups in total. The van der Waals surface area contributed by atoms with Crippen LogP contribution in [-0.2, 0) is 13.0 Å². The van der Waals surface area contributed by atoms with E-state index in [4.69, 9.17) is 0 Å². The van der Waals surface area contributed by atoms with Gasteiger partial charge < -0.3 is 5.32 Å². The van der Waals surface area contributed by atoms with Crippen molar-refractivity contribution in [3.8, 4) is 11.3 Å². The summed E-state index contributed by atoms with van der Waals surface area (Å²) in [5, 5.41) is 3.39. The van der Waals surface area contributed by atoms with Crippen molar-refractivity contribution in [3.05, 3.63) is 47.9 Å². The van der Waals surface area contributed by atoms with Gasteiger partial charge in [0.1, 0.15) is 6.33 Å². The molecule has 80 valence electrons. The first-order valence-electron chi connectivity index (χ1n) is 5.53. The minimum absolute atomic E-state index is 0.967. The molecule has 0 fully saturated rings. The van der Waals surface area contributed by atoms with Gasteiger partial charge in [-0.15, -0.1) is 0 Å². The van der Waals surface area contributed by atoms with E-state index in [9.17, 15) is 0 Å². The van der Waals surface area contributed by atoms with Crippen molar-refractivity contribution >= 4 is 0 Å². The van der Waals surface area contributed by atoms with Crippen LogP contribution in [0.25, 0.3) is 11.3 Å². The molecule has 1 aliphatic rings. The van der Waals surface area contributed by atoms with Gasteiger partial charge in [0.15, 0.2) is 0 Å². The lowest BCUT2D eigenvalue weighted by atomic mass is 9.94. The number of hydrogen-bond acceptors (Lipinski definition) is 3. The normalized spacial score (nSPS) is 14.5. The molecule has 0 saturated heterocycles. The number of hydrogen-bond donors (Lipinski definition) is 1. The summed E-state index contributed by atoms with van der Waals surface area (Å²) >= 11 is 0. The van der Waals surface area contributed by atoms with Gasteiger partial charge in [-0.1, -0.05) is 18.2 Å². The quantitative estimate of drug-likeness (QED) is 0.781. The Morgan fingerprint density at radius 3 is 3.06 bits per heavy atom. The van der Waals surface area contributed by atoms with E-state index in [2.05, 4.69) is 33.5 Å². The molecule has 0 atom stereocenters. The van der Waals surface area contributed by atoms with Gasteiger partial charge in [0, 0.05) is 18.3 Å². The molecule has 3 heteroatoms. The first kappa shape index (κ1) is 9.48. The molecule has 0 aliphatic carbocycles. The Morgan fingerprint density at radius 1 is 1.19 bits per heavy atom. The smallest absolute Gasteiger partial charge is 0.116 e. The third-order valence-corrected chi connectivity index (χ3v) is 3.00. The molecule has 0 radical (unpaired) electrons. The Kier molecular flexibility index (Phi) is 2.38. The van der Waals surface area contributed by atoms with E-state index >= 15 is 0 Å². The van der Waals surface area contributed by atoms with Crippen LogP contribution in [0.2, 0.25) is 0 Å². The van der Waals surface area contributed by atoms with Gasteiger partial charge in [0.25, 0.3) is 0 Å². The number of fused-ring (bicyclic) bond motifs is 1. The van der Waals surface area contributed by atoms with E-state index in [1.807, 2.05) is 6.07 Å². The van der Waals surface area contributed by atoms with Crippen LogP contribution in [-0.4, -0.2) is 16.5 Å². The zero-order valence-electron chi connectivity index (χ0n) is 8.98. The first-order chi connectivity index (χ1) is 7.95. The minimum Gasteiger partial charge on any atom is -0.312 e. The zero-order chi connectivity index (χ0) is 10.8. The monoisotopic (exact) mass is 211 g/mol. The fourth-order valence-electron chi connectivity index (χ4n) is 2.22. The summed E-state index contributed by atoms with van der Waals surface area (Å²) in [6, 6.07) is 8.40. The molecule has 16 heavy (non-hydrogen) atoms. The number of rotatable bonds is 1. The molecule has 2 heterocycles. The molecule has 3 rings (SSSR count). The maximum absolute atomic E-state index is 4.33. The van der Waals surface area contributed by atoms with Crippen molar-refractivity contribution in [1.29, 1.82) is 0 Å². The second-order valence-corrected chi connectivity index (χ2v) is 3.96. The van der Waals surface area contributed by atoms with E-state index in [-0.39, 0.29) is 0 Å². The van der Waals surface area contributed by atoms with E-state index in [0.717, 1.165) is 25.2 Å². The predicted octanol–water partition coefficient (Wildman–Crippen LogP) is 1.79. The number of nitrogens with one attached hydrogen (secondary N) is 1. The third kappa shape index (κ3) is 1.59. The van der Waals surface area contributed by atoms with E-state index in [1.165, 1.54) is 16.7 Å². The Morgan fingerprint density at radius 2 is 2.19 bits per heavy atom. The predicted molar refractivity (Wildman–Crippen MR) is 62.9 cm³/mol. The molecular formula is C13H13N3. The molecular weight excluding hydrogens is 198 g/mol. The first-order valence-corrected chi connectivity index (χ1v) is 5.53. The Bertz CT molecular complexity index is 494. The van der Waals surface area contributed by atoms with Crippen LogP contribution in [0, 0.1) is 0 Å². The van der Waals surface area contributed by atoms with Crippen LogP contribution in [0.1, 0.15) is 11.1 Å². The summed E-state index contributed by atoms with van der Waals surface area (Å²) in [5.74, 6) is 0. The van der Waals surface area contributed by atoms with Crippen molar-refractivity contribution in [2.75, 3.05) is 6.54 Å². The summed E-state index contributed by atoms with van der Waals surface area (Å²) in [5.41, 5.74) is 5.09. The number of nitrogens with zero attached hydrogens (tertiary/aromatic N) is 2. The highest BCUT2D eigenvalue weighted by Crippen LogP contribution is 2.26. The Labute approximate surface area is 94.6 Å². The lowest BCUT2D eigenvalue weighted by Crippen LogP contribution is -2.24. The number of benzene rings is 1. The van der Waals surface area contributed by atoms with E-state index < -0.39 is 0 Å². The molecule has 0 unspecified atom stereocenters. The van der Waals surface area contributed by atoms with Crippen molar-refractivity contribution < 1.29 is 0 Å². The van der Waals surface area contributed by atoms with Crippen molar-refractivity contribution in [1.82, 2.24) is 15.3 Å². The summed E-state index contributed by atoms with van der Waals surface area (Å²) in [4.78, 5) is 8.29. The summed E-state index contributed by atoms with van der Waals surface area (Å²) in [6.45, 7) is 2.02. The van der Waals surface area contributed by atoms with Gasteiger partial charge in [0.2, 0.25) is 0 Å². The second kappa shape index (κ2) is 4.02. The van der Waals surface area contributed by atoms with Crippen LogP contribution < -0.4 is 5.32 Å². The van der Waals surface area contributed by atoms with Gasteiger partial charge in [-0.25, -0.2) is 9.97 Å². The maximum atomic E-state index is 4.33. The molecule has 1 aliphatic heterocycles. The standard InChI is InChI=1S/C13H13N3/c1-2-10-8-14-6-4-11(10)12(3-1)13-5-7-15-9-16-13/h1-3,5,7,9,14H,4,6,8H2. The fraction of sp³-hybridized carbons (Fsp3) is 0.231. The SMILES string of the molecule is c1cc2c(c(-c3ccncn3)c1)CCNC2. The Hall–Kier alpha value is -1.74. The van der Waals surface area contributed by atoms with E-state index in [1.54, 1.807) is 12.5 Å². The zero-order valence-corrected chi connectivity index (χ0v) is 8.98. The molecule has 1 aromatic carbocycles. The van der Waals surface area contributed by atoms with Crippen molar-refractivity contribution in [3.63, 3.8) is 0 Å². The molecule has 0 amide bonds. The lowest BCUT2D eigenvalue weighted by Gasteiger charge is -2.19. The van der Waals surface area contributed by atoms with Crippen LogP contribution in [0.15, 0.2) is 36.8 Å². The average molecular weight is 211 g/mol. The highest BCUT2D eigenvalue weighted by Gasteiger charge is 2.13. The van der Waals surface area contributed by atoms with Crippen molar-refractivity contribution in [2.24, 2.45) is 0 Å². The number of aromatic nitrogens is 2. The van der Waals surface area contributed by atoms with E-state index in [0.29, 0.717) is 0 Å². The van der Waals surface area contributed by atoms with Crippen LogP contribution in [0.4, 0.5) is 0 Å². The topological polar surface area (TPSA) is 37.8 Å². The molecule has 0 spiro atoms. The highest BCUT2D eigenvalue weighted by molar-refractivity contribution is 5.65. The molecule has 0 saturated carbocycles. The molecule has 1 aromatic heterocycles. The second-order valence-electron chi connectivity index (χ2n) is 3.96. The lowest BCUT2D eigenvalue weighted by molar-refractivity contribution is 0.644. The molecule has 2 aromatic rings. The van der Waals surface area contributed by atoms with Crippen molar-refractivity contribution in [2.45, 2.75) is 13.0 Å². The third-order valence-electron chi connectivity index (χ3n) is 3.00. The van der Waals surface area contributed by atoms with Gasteiger partial charge in [-0.05, 0) is 30.2 Å². The highest BCUT2D eigenvalue weighted by atomic mass is 14.9. The van der Waals surface area contributed by atoms with Crippen LogP contribution >= 0.6 is 0 Å². The largest absolute Gasteiger partial charge is 0.312 e. The molecule has 0 bridgehead atoms. The average Bonchev–Trinajstić information content (AvgIpc) is 2.39.